The van der Waals surface area contributed by atoms with Crippen LogP contribution in [0.1, 0.15) is 10.6 Å². The molecule has 1 rings (SSSR count). The molecule has 58 valence electrons. The van der Waals surface area contributed by atoms with Crippen molar-refractivity contribution in [2.24, 2.45) is 5.84 Å². The van der Waals surface area contributed by atoms with Crippen molar-refractivity contribution in [2.45, 2.75) is 0 Å². The van der Waals surface area contributed by atoms with E-state index in [1.54, 1.807) is 0 Å². The lowest BCUT2D eigenvalue weighted by Crippen LogP contribution is -2.31. The van der Waals surface area contributed by atoms with Gasteiger partial charge in [-0.2, -0.15) is 0 Å². The van der Waals surface area contributed by atoms with Gasteiger partial charge in [0, 0.05) is 0 Å². The van der Waals surface area contributed by atoms with Gasteiger partial charge in [0.15, 0.2) is 5.82 Å². The number of carbonyl (C=O) groups is 1. The summed E-state index contributed by atoms with van der Waals surface area (Å²) in [6.07, 6.45) is 1.77. The third-order valence-corrected chi connectivity index (χ3v) is 0.955. The molecule has 0 aliphatic heterocycles. The summed E-state index contributed by atoms with van der Waals surface area (Å²) in [5.41, 5.74) is 1.81. The lowest BCUT2D eigenvalue weighted by atomic mass is 10.5. The Bertz CT molecular complexity index is 260. The second-order valence-corrected chi connectivity index (χ2v) is 1.70. The molecule has 0 aromatic carbocycles. The van der Waals surface area contributed by atoms with Gasteiger partial charge in [0.2, 0.25) is 5.82 Å². The summed E-state index contributed by atoms with van der Waals surface area (Å²) in [4.78, 5) is 17.4. The maximum absolute atomic E-state index is 12.2. The van der Waals surface area contributed by atoms with Crippen LogP contribution >= 0.6 is 0 Å². The van der Waals surface area contributed by atoms with Crippen LogP contribution in [-0.2, 0) is 0 Å². The average Bonchev–Trinajstić information content (AvgIpc) is 2.05. The predicted octanol–water partition coefficient (Wildman–Crippen LogP) is -0.781. The number of nitrogen functional groups attached to an aromatic ring is 1. The van der Waals surface area contributed by atoms with Crippen molar-refractivity contribution in [1.82, 2.24) is 15.4 Å². The molecule has 1 aromatic rings. The standard InChI is InChI=1S/C5H5FN4O/c6-3-1-8-4(9-2-3)5(11)10-7/h1-2H,7H2,(H,10,11). The Morgan fingerprint density at radius 1 is 1.55 bits per heavy atom. The highest BCUT2D eigenvalue weighted by Crippen LogP contribution is 1.91. The molecule has 0 spiro atoms. The zero-order valence-electron chi connectivity index (χ0n) is 5.41. The summed E-state index contributed by atoms with van der Waals surface area (Å²) >= 11 is 0. The number of hydrazine groups is 1. The molecule has 1 heterocycles. The number of nitrogens with zero attached hydrogens (tertiary/aromatic N) is 2. The van der Waals surface area contributed by atoms with Crippen molar-refractivity contribution in [3.05, 3.63) is 24.0 Å². The van der Waals surface area contributed by atoms with Gasteiger partial charge < -0.3 is 0 Å². The number of nitrogens with two attached hydrogens (primary N) is 1. The molecule has 0 bridgehead atoms. The normalized spacial score (nSPS) is 9.27. The first kappa shape index (κ1) is 7.55. The smallest absolute Gasteiger partial charge is 0.287 e. The monoisotopic (exact) mass is 156 g/mol. The van der Waals surface area contributed by atoms with E-state index in [1.807, 2.05) is 5.43 Å². The number of rotatable bonds is 1. The first-order valence-corrected chi connectivity index (χ1v) is 2.72. The van der Waals surface area contributed by atoms with Gasteiger partial charge in [0.1, 0.15) is 0 Å². The number of hydrogen-bond acceptors (Lipinski definition) is 4. The second-order valence-electron chi connectivity index (χ2n) is 1.70. The minimum absolute atomic E-state index is 0.158. The lowest BCUT2D eigenvalue weighted by molar-refractivity contribution is 0.0943. The highest BCUT2D eigenvalue weighted by atomic mass is 19.1. The molecule has 3 N–H and O–H groups in total. The van der Waals surface area contributed by atoms with Crippen molar-refractivity contribution >= 4 is 5.91 Å². The van der Waals surface area contributed by atoms with E-state index in [9.17, 15) is 9.18 Å². The zero-order chi connectivity index (χ0) is 8.27. The third-order valence-electron chi connectivity index (χ3n) is 0.955. The summed E-state index contributed by atoms with van der Waals surface area (Å²) < 4.78 is 12.2. The summed E-state index contributed by atoms with van der Waals surface area (Å²) in [5, 5.41) is 0. The van der Waals surface area contributed by atoms with Crippen LogP contribution in [0.5, 0.6) is 0 Å². The van der Waals surface area contributed by atoms with E-state index in [0.717, 1.165) is 12.4 Å². The molecule has 0 aliphatic rings. The molecule has 1 amide bonds. The first-order valence-electron chi connectivity index (χ1n) is 2.72. The molecular formula is C5H5FN4O. The molecule has 0 radical (unpaired) electrons. The van der Waals surface area contributed by atoms with Crippen LogP contribution in [0.15, 0.2) is 12.4 Å². The van der Waals surface area contributed by atoms with Gasteiger partial charge in [-0.05, 0) is 0 Å². The van der Waals surface area contributed by atoms with Gasteiger partial charge in [-0.1, -0.05) is 0 Å². The minimum atomic E-state index is -0.648. The Morgan fingerprint density at radius 2 is 2.09 bits per heavy atom. The van der Waals surface area contributed by atoms with Gasteiger partial charge in [-0.25, -0.2) is 20.2 Å². The SMILES string of the molecule is NNC(=O)c1ncc(F)cn1. The number of nitrogens with one attached hydrogen (secondary N) is 1. The van der Waals surface area contributed by atoms with E-state index in [-0.39, 0.29) is 5.82 Å². The Balaban J connectivity index is 2.90. The van der Waals surface area contributed by atoms with Gasteiger partial charge in [0.25, 0.3) is 0 Å². The number of amides is 1. The Labute approximate surface area is 61.4 Å². The largest absolute Gasteiger partial charge is 0.302 e. The fourth-order valence-electron chi connectivity index (χ4n) is 0.494. The van der Waals surface area contributed by atoms with Crippen molar-refractivity contribution in [2.75, 3.05) is 0 Å². The second kappa shape index (κ2) is 3.02. The fourth-order valence-corrected chi connectivity index (χ4v) is 0.494. The summed E-state index contributed by atoms with van der Waals surface area (Å²) in [7, 11) is 0. The van der Waals surface area contributed by atoms with Crippen LogP contribution in [0.2, 0.25) is 0 Å². The van der Waals surface area contributed by atoms with Crippen LogP contribution in [0.3, 0.4) is 0 Å². The van der Waals surface area contributed by atoms with E-state index in [0.29, 0.717) is 0 Å². The summed E-state index contributed by atoms with van der Waals surface area (Å²) in [6.45, 7) is 0. The molecule has 11 heavy (non-hydrogen) atoms. The molecule has 0 saturated heterocycles. The number of carbonyl (C=O) groups excluding carboxylic acids is 1. The van der Waals surface area contributed by atoms with Crippen LogP contribution < -0.4 is 11.3 Å². The predicted molar refractivity (Wildman–Crippen MR) is 33.6 cm³/mol. The summed E-state index contributed by atoms with van der Waals surface area (Å²) in [6, 6.07) is 0. The van der Waals surface area contributed by atoms with E-state index < -0.39 is 11.7 Å². The molecular weight excluding hydrogens is 151 g/mol. The first-order chi connectivity index (χ1) is 5.24. The number of halogens is 1. The Morgan fingerprint density at radius 3 is 2.55 bits per heavy atom. The van der Waals surface area contributed by atoms with Crippen LogP contribution in [0, 0.1) is 5.82 Å². The maximum Gasteiger partial charge on any atom is 0.302 e. The molecule has 0 saturated carbocycles. The number of aromatic nitrogens is 2. The van der Waals surface area contributed by atoms with Crippen molar-refractivity contribution in [1.29, 1.82) is 0 Å². The van der Waals surface area contributed by atoms with Gasteiger partial charge >= 0.3 is 5.91 Å². The molecule has 6 heteroatoms. The van der Waals surface area contributed by atoms with Crippen molar-refractivity contribution < 1.29 is 9.18 Å². The highest BCUT2D eigenvalue weighted by molar-refractivity contribution is 5.89. The zero-order valence-corrected chi connectivity index (χ0v) is 5.41. The van der Waals surface area contributed by atoms with E-state index in [1.165, 1.54) is 0 Å². The molecule has 0 aliphatic carbocycles. The van der Waals surface area contributed by atoms with E-state index in [2.05, 4.69) is 9.97 Å². The van der Waals surface area contributed by atoms with Crippen molar-refractivity contribution in [3.63, 3.8) is 0 Å². The minimum Gasteiger partial charge on any atom is -0.287 e. The molecule has 5 nitrogen and oxygen atoms in total. The Hall–Kier alpha value is -1.56. The highest BCUT2D eigenvalue weighted by Gasteiger charge is 2.05. The Kier molecular flexibility index (Phi) is 2.07. The van der Waals surface area contributed by atoms with E-state index in [4.69, 9.17) is 5.84 Å². The van der Waals surface area contributed by atoms with Crippen LogP contribution in [-0.4, -0.2) is 15.9 Å². The molecule has 0 atom stereocenters. The number of hydrogen-bond donors (Lipinski definition) is 2. The third kappa shape index (κ3) is 1.68. The molecule has 1 aromatic heterocycles. The van der Waals surface area contributed by atoms with Gasteiger partial charge in [0.05, 0.1) is 12.4 Å². The quantitative estimate of drug-likeness (QED) is 0.317. The maximum atomic E-state index is 12.2. The fraction of sp³-hybridized carbons (Fsp3) is 0. The van der Waals surface area contributed by atoms with Crippen LogP contribution in [0.4, 0.5) is 4.39 Å². The van der Waals surface area contributed by atoms with Crippen LogP contribution in [0.25, 0.3) is 0 Å². The van der Waals surface area contributed by atoms with E-state index >= 15 is 0 Å². The van der Waals surface area contributed by atoms with Gasteiger partial charge in [-0.15, -0.1) is 0 Å². The van der Waals surface area contributed by atoms with Crippen molar-refractivity contribution in [3.8, 4) is 0 Å². The van der Waals surface area contributed by atoms with Gasteiger partial charge in [-0.3, -0.25) is 10.2 Å². The topological polar surface area (TPSA) is 80.9 Å². The molecule has 0 unspecified atom stereocenters. The average molecular weight is 156 g/mol. The summed E-state index contributed by atoms with van der Waals surface area (Å²) in [5.74, 6) is 3.36. The lowest BCUT2D eigenvalue weighted by Gasteiger charge is -1.94. The molecule has 0 fully saturated rings.